The smallest absolute Gasteiger partial charge is 0.261 e. The molecule has 21 heavy (non-hydrogen) atoms. The SMILES string of the molecule is CC(NC(=O)c1cc2c(s1)CCCCCC2)c1ncn[nH]1. The van der Waals surface area contributed by atoms with Crippen molar-refractivity contribution in [3.05, 3.63) is 33.5 Å². The van der Waals surface area contributed by atoms with Gasteiger partial charge in [0.2, 0.25) is 0 Å². The molecule has 2 heterocycles. The van der Waals surface area contributed by atoms with Gasteiger partial charge in [-0.3, -0.25) is 9.89 Å². The molecule has 0 bridgehead atoms. The second-order valence-corrected chi connectivity index (χ2v) is 6.68. The van der Waals surface area contributed by atoms with Gasteiger partial charge in [0.05, 0.1) is 10.9 Å². The van der Waals surface area contributed by atoms with Crippen LogP contribution in [0, 0.1) is 0 Å². The Morgan fingerprint density at radius 1 is 1.33 bits per heavy atom. The number of rotatable bonds is 3. The molecule has 1 aliphatic rings. The van der Waals surface area contributed by atoms with Crippen LogP contribution in [0.25, 0.3) is 0 Å². The number of carbonyl (C=O) groups is 1. The largest absolute Gasteiger partial charge is 0.342 e. The van der Waals surface area contributed by atoms with Gasteiger partial charge in [0.15, 0.2) is 0 Å². The Morgan fingerprint density at radius 2 is 2.14 bits per heavy atom. The second-order valence-electron chi connectivity index (χ2n) is 5.54. The molecule has 1 unspecified atom stereocenters. The molecule has 1 atom stereocenters. The number of H-pyrrole nitrogens is 1. The van der Waals surface area contributed by atoms with Crippen molar-refractivity contribution in [2.45, 2.75) is 51.5 Å². The van der Waals surface area contributed by atoms with Crippen molar-refractivity contribution < 1.29 is 4.79 Å². The van der Waals surface area contributed by atoms with Crippen LogP contribution in [0.3, 0.4) is 0 Å². The first-order valence-corrected chi connectivity index (χ1v) is 8.33. The average Bonchev–Trinajstić information content (AvgIpc) is 3.08. The van der Waals surface area contributed by atoms with E-state index >= 15 is 0 Å². The van der Waals surface area contributed by atoms with E-state index in [1.165, 1.54) is 42.5 Å². The lowest BCUT2D eigenvalue weighted by molar-refractivity contribution is 0.0942. The third-order valence-corrected chi connectivity index (χ3v) is 5.15. The van der Waals surface area contributed by atoms with Crippen LogP contribution in [0.5, 0.6) is 0 Å². The summed E-state index contributed by atoms with van der Waals surface area (Å²) in [6.07, 6.45) is 8.76. The van der Waals surface area contributed by atoms with Gasteiger partial charge in [0.1, 0.15) is 12.2 Å². The van der Waals surface area contributed by atoms with Crippen LogP contribution in [0.1, 0.15) is 64.6 Å². The lowest BCUT2D eigenvalue weighted by Crippen LogP contribution is -2.26. The maximum atomic E-state index is 12.4. The summed E-state index contributed by atoms with van der Waals surface area (Å²) in [6, 6.07) is 1.91. The van der Waals surface area contributed by atoms with Crippen molar-refractivity contribution >= 4 is 17.2 Å². The zero-order valence-electron chi connectivity index (χ0n) is 12.2. The molecular weight excluding hydrogens is 284 g/mol. The number of hydrogen-bond donors (Lipinski definition) is 2. The van der Waals surface area contributed by atoms with Gasteiger partial charge >= 0.3 is 0 Å². The first kappa shape index (κ1) is 14.3. The standard InChI is InChI=1S/C15H20N4OS/c1-10(14-16-9-17-19-14)18-15(20)13-8-11-6-4-2-3-5-7-12(11)21-13/h8-10H,2-7H2,1H3,(H,18,20)(H,16,17,19). The van der Waals surface area contributed by atoms with Crippen molar-refractivity contribution in [2.24, 2.45) is 0 Å². The van der Waals surface area contributed by atoms with Crippen molar-refractivity contribution in [1.82, 2.24) is 20.5 Å². The molecular formula is C15H20N4OS. The summed E-state index contributed by atoms with van der Waals surface area (Å²) in [5, 5.41) is 9.58. The third kappa shape index (κ3) is 3.32. The first-order valence-electron chi connectivity index (χ1n) is 7.52. The summed E-state index contributed by atoms with van der Waals surface area (Å²) in [4.78, 5) is 18.7. The molecule has 0 saturated heterocycles. The molecule has 5 nitrogen and oxygen atoms in total. The normalized spacial score (nSPS) is 16.6. The molecule has 0 saturated carbocycles. The summed E-state index contributed by atoms with van der Waals surface area (Å²) in [5.74, 6) is 0.661. The molecule has 1 amide bonds. The summed E-state index contributed by atoms with van der Waals surface area (Å²) in [5.41, 5.74) is 1.37. The molecule has 0 radical (unpaired) electrons. The average molecular weight is 304 g/mol. The van der Waals surface area contributed by atoms with Crippen LogP contribution in [0.15, 0.2) is 12.4 Å². The minimum atomic E-state index is -0.162. The predicted octanol–water partition coefficient (Wildman–Crippen LogP) is 3.02. The second kappa shape index (κ2) is 6.39. The van der Waals surface area contributed by atoms with E-state index in [9.17, 15) is 4.79 Å². The molecule has 1 aliphatic carbocycles. The molecule has 2 N–H and O–H groups in total. The molecule has 2 aromatic heterocycles. The molecule has 0 spiro atoms. The number of hydrogen-bond acceptors (Lipinski definition) is 4. The molecule has 0 fully saturated rings. The summed E-state index contributed by atoms with van der Waals surface area (Å²) >= 11 is 1.65. The molecule has 0 aliphatic heterocycles. The topological polar surface area (TPSA) is 70.7 Å². The van der Waals surface area contributed by atoms with Crippen LogP contribution in [-0.4, -0.2) is 21.1 Å². The number of aryl methyl sites for hydroxylation is 2. The van der Waals surface area contributed by atoms with E-state index in [1.807, 2.05) is 6.92 Å². The summed E-state index contributed by atoms with van der Waals surface area (Å²) < 4.78 is 0. The Labute approximate surface area is 128 Å². The van der Waals surface area contributed by atoms with Gasteiger partial charge < -0.3 is 5.32 Å². The van der Waals surface area contributed by atoms with E-state index in [1.54, 1.807) is 11.3 Å². The zero-order chi connectivity index (χ0) is 14.7. The summed E-state index contributed by atoms with van der Waals surface area (Å²) in [7, 11) is 0. The Balaban J connectivity index is 1.71. The fraction of sp³-hybridized carbons (Fsp3) is 0.533. The number of nitrogens with zero attached hydrogens (tertiary/aromatic N) is 2. The molecule has 0 aromatic carbocycles. The maximum absolute atomic E-state index is 12.4. The van der Waals surface area contributed by atoms with E-state index in [2.05, 4.69) is 26.6 Å². The van der Waals surface area contributed by atoms with Gasteiger partial charge in [-0.2, -0.15) is 5.10 Å². The Kier molecular flexibility index (Phi) is 4.34. The third-order valence-electron chi connectivity index (χ3n) is 3.91. The van der Waals surface area contributed by atoms with Gasteiger partial charge in [-0.1, -0.05) is 12.8 Å². The van der Waals surface area contributed by atoms with Crippen LogP contribution in [-0.2, 0) is 12.8 Å². The lowest BCUT2D eigenvalue weighted by atomic mass is 10.00. The van der Waals surface area contributed by atoms with Crippen molar-refractivity contribution in [3.63, 3.8) is 0 Å². The number of carbonyl (C=O) groups excluding carboxylic acids is 1. The molecule has 2 aromatic rings. The van der Waals surface area contributed by atoms with Gasteiger partial charge in [0.25, 0.3) is 5.91 Å². The van der Waals surface area contributed by atoms with Gasteiger partial charge in [-0.25, -0.2) is 4.98 Å². The number of aromatic nitrogens is 3. The monoisotopic (exact) mass is 304 g/mol. The Bertz CT molecular complexity index is 580. The number of fused-ring (bicyclic) bond motifs is 1. The highest BCUT2D eigenvalue weighted by Crippen LogP contribution is 2.28. The highest BCUT2D eigenvalue weighted by molar-refractivity contribution is 7.14. The van der Waals surface area contributed by atoms with Crippen molar-refractivity contribution in [3.8, 4) is 0 Å². The van der Waals surface area contributed by atoms with Gasteiger partial charge in [-0.05, 0) is 44.2 Å². The first-order chi connectivity index (χ1) is 10.2. The highest BCUT2D eigenvalue weighted by atomic mass is 32.1. The van der Waals surface area contributed by atoms with E-state index in [0.717, 1.165) is 17.7 Å². The van der Waals surface area contributed by atoms with Gasteiger partial charge in [0, 0.05) is 4.88 Å². The minimum Gasteiger partial charge on any atom is -0.342 e. The van der Waals surface area contributed by atoms with E-state index in [-0.39, 0.29) is 11.9 Å². The zero-order valence-corrected chi connectivity index (χ0v) is 13.0. The number of amides is 1. The number of aromatic amines is 1. The van der Waals surface area contributed by atoms with Crippen LogP contribution in [0.2, 0.25) is 0 Å². The number of nitrogens with one attached hydrogen (secondary N) is 2. The Hall–Kier alpha value is -1.69. The maximum Gasteiger partial charge on any atom is 0.261 e. The van der Waals surface area contributed by atoms with Crippen molar-refractivity contribution in [1.29, 1.82) is 0 Å². The van der Waals surface area contributed by atoms with E-state index in [0.29, 0.717) is 5.82 Å². The lowest BCUT2D eigenvalue weighted by Gasteiger charge is -2.09. The Morgan fingerprint density at radius 3 is 2.90 bits per heavy atom. The molecule has 6 heteroatoms. The number of thiophene rings is 1. The molecule has 112 valence electrons. The van der Waals surface area contributed by atoms with Gasteiger partial charge in [-0.15, -0.1) is 11.3 Å². The van der Waals surface area contributed by atoms with E-state index in [4.69, 9.17) is 0 Å². The fourth-order valence-corrected chi connectivity index (χ4v) is 3.87. The quantitative estimate of drug-likeness (QED) is 0.915. The molecule has 3 rings (SSSR count). The van der Waals surface area contributed by atoms with Crippen LogP contribution < -0.4 is 5.32 Å². The van der Waals surface area contributed by atoms with Crippen LogP contribution in [0.4, 0.5) is 0 Å². The highest BCUT2D eigenvalue weighted by Gasteiger charge is 2.18. The summed E-state index contributed by atoms with van der Waals surface area (Å²) in [6.45, 7) is 1.90. The minimum absolute atomic E-state index is 0.0179. The van der Waals surface area contributed by atoms with Crippen LogP contribution >= 0.6 is 11.3 Å². The predicted molar refractivity (Wildman–Crippen MR) is 82.5 cm³/mol. The van der Waals surface area contributed by atoms with E-state index < -0.39 is 0 Å². The van der Waals surface area contributed by atoms with Crippen molar-refractivity contribution in [2.75, 3.05) is 0 Å². The fourth-order valence-electron chi connectivity index (χ4n) is 2.72.